The van der Waals surface area contributed by atoms with E-state index in [0.29, 0.717) is 18.5 Å². The van der Waals surface area contributed by atoms with E-state index < -0.39 is 8.30 Å². The molecule has 0 aromatic carbocycles. The zero-order chi connectivity index (χ0) is 20.1. The summed E-state index contributed by atoms with van der Waals surface area (Å²) in [6.45, 7) is 10.8. The molecule has 0 aromatic heterocycles. The predicted molar refractivity (Wildman–Crippen MR) is 129 cm³/mol. The Hall–Kier alpha value is 0.319. The van der Waals surface area contributed by atoms with Crippen LogP contribution in [0.15, 0.2) is 0 Å². The monoisotopic (exact) mass is 484 g/mol. The van der Waals surface area contributed by atoms with Gasteiger partial charge >= 0.3 is 17.1 Å². The smallest absolute Gasteiger partial charge is 0.384 e. The van der Waals surface area contributed by atoms with Crippen molar-refractivity contribution >= 4 is 8.30 Å². The van der Waals surface area contributed by atoms with Gasteiger partial charge in [-0.2, -0.15) is 5.26 Å². The topological polar surface area (TPSA) is 45.5 Å². The molecular formula is C24H49FeN2O2P. The number of rotatable bonds is 10. The Kier molecular flexibility index (Phi) is 24.7. The fourth-order valence-electron chi connectivity index (χ4n) is 4.28. The molecule has 4 nitrogen and oxygen atoms in total. The Morgan fingerprint density at radius 1 is 0.900 bits per heavy atom. The summed E-state index contributed by atoms with van der Waals surface area (Å²) >= 11 is 0. The van der Waals surface area contributed by atoms with Gasteiger partial charge in [0, 0.05) is 38.4 Å². The molecular weight excluding hydrogens is 435 g/mol. The van der Waals surface area contributed by atoms with Crippen LogP contribution in [0.5, 0.6) is 0 Å². The van der Waals surface area contributed by atoms with E-state index in [2.05, 4.69) is 38.4 Å². The number of nitrogens with zero attached hydrogens (tertiary/aromatic N) is 2. The van der Waals surface area contributed by atoms with Crippen LogP contribution >= 0.6 is 8.30 Å². The largest absolute Gasteiger partial charge is 2.00 e. The van der Waals surface area contributed by atoms with Gasteiger partial charge in [-0.25, -0.2) is 0 Å². The maximum absolute atomic E-state index is 8.84. The zero-order valence-corrected chi connectivity index (χ0v) is 22.8. The molecule has 0 saturated heterocycles. The first kappa shape index (κ1) is 34.9. The van der Waals surface area contributed by atoms with E-state index in [-0.39, 0.29) is 31.9 Å². The molecule has 0 bridgehead atoms. The van der Waals surface area contributed by atoms with Crippen LogP contribution in [0, 0.1) is 38.0 Å². The van der Waals surface area contributed by atoms with Crippen molar-refractivity contribution in [3.63, 3.8) is 0 Å². The van der Waals surface area contributed by atoms with Crippen LogP contribution < -0.4 is 0 Å². The van der Waals surface area contributed by atoms with E-state index in [9.17, 15) is 0 Å². The normalized spacial score (nSPS) is 17.6. The minimum Gasteiger partial charge on any atom is -0.384 e. The zero-order valence-electron chi connectivity index (χ0n) is 20.8. The summed E-state index contributed by atoms with van der Waals surface area (Å²) in [6.07, 6.45) is 12.5. The summed E-state index contributed by atoms with van der Waals surface area (Å²) in [6, 6.07) is 3.23. The van der Waals surface area contributed by atoms with Crippen molar-refractivity contribution in [3.05, 3.63) is 14.9 Å². The molecule has 0 aliphatic heterocycles. The maximum Gasteiger partial charge on any atom is 2.00 e. The molecule has 180 valence electrons. The number of hydrogen-bond donors (Lipinski definition) is 0. The summed E-state index contributed by atoms with van der Waals surface area (Å²) in [7, 11) is 1.18. The molecule has 0 radical (unpaired) electrons. The van der Waals surface area contributed by atoms with Gasteiger partial charge in [-0.05, 0) is 65.2 Å². The molecule has 0 heterocycles. The van der Waals surface area contributed by atoms with Crippen molar-refractivity contribution in [2.24, 2.45) is 11.8 Å². The summed E-state index contributed by atoms with van der Waals surface area (Å²) in [5.41, 5.74) is 0. The molecule has 2 saturated carbocycles. The molecule has 2 aliphatic rings. The minimum absolute atomic E-state index is 0. The number of ether oxygens (including phenoxy) is 1. The Morgan fingerprint density at radius 2 is 1.33 bits per heavy atom. The van der Waals surface area contributed by atoms with Crippen molar-refractivity contribution < 1.29 is 26.3 Å². The van der Waals surface area contributed by atoms with E-state index >= 15 is 0 Å². The third-order valence-electron chi connectivity index (χ3n) is 5.54. The predicted octanol–water partition coefficient (Wildman–Crippen LogP) is 7.26. The summed E-state index contributed by atoms with van der Waals surface area (Å²) < 4.78 is 13.7. The summed E-state index contributed by atoms with van der Waals surface area (Å²) in [5, 5.41) is 8.84. The first-order valence-corrected chi connectivity index (χ1v) is 12.4. The Morgan fingerprint density at radius 3 is 1.70 bits per heavy atom. The van der Waals surface area contributed by atoms with E-state index in [1.807, 2.05) is 0 Å². The van der Waals surface area contributed by atoms with Gasteiger partial charge in [0.05, 0.1) is 12.7 Å². The molecule has 6 heteroatoms. The number of methoxy groups -OCH3 is 1. The van der Waals surface area contributed by atoms with Crippen LogP contribution in [0.3, 0.4) is 0 Å². The second-order valence-electron chi connectivity index (χ2n) is 8.60. The summed E-state index contributed by atoms with van der Waals surface area (Å²) in [4.78, 5) is 0. The van der Waals surface area contributed by atoms with Crippen LogP contribution in [0.25, 0.3) is 0 Å². The van der Waals surface area contributed by atoms with Crippen LogP contribution in [-0.2, 0) is 26.3 Å². The second kappa shape index (κ2) is 21.2. The van der Waals surface area contributed by atoms with Gasteiger partial charge in [-0.3, -0.25) is 4.67 Å². The Bertz CT molecular complexity index is 399. The van der Waals surface area contributed by atoms with Gasteiger partial charge in [-0.15, -0.1) is 0 Å². The third-order valence-corrected chi connectivity index (χ3v) is 8.03. The van der Waals surface area contributed by atoms with E-state index in [1.165, 1.54) is 51.4 Å². The van der Waals surface area contributed by atoms with Gasteiger partial charge in [0.15, 0.2) is 0 Å². The molecule has 2 aliphatic carbocycles. The first-order chi connectivity index (χ1) is 13.0. The fraction of sp³-hybridized carbons (Fsp3) is 0.875. The van der Waals surface area contributed by atoms with Crippen LogP contribution in [0.4, 0.5) is 0 Å². The Labute approximate surface area is 201 Å². The molecule has 0 aromatic rings. The quantitative estimate of drug-likeness (QED) is 0.186. The number of nitriles is 1. The fourth-order valence-corrected chi connectivity index (χ4v) is 6.48. The van der Waals surface area contributed by atoms with E-state index in [0.717, 1.165) is 31.2 Å². The Balaban J connectivity index is -0.000000565. The molecule has 0 N–H and O–H groups in total. The molecule has 2 rings (SSSR count). The van der Waals surface area contributed by atoms with Gasteiger partial charge in [0.2, 0.25) is 0 Å². The SMILES string of the molecule is CC(C)N(C(C)C)P(CCC#N)OCC1CCCC1.COCC1CCCC1.[CH3-].[CH3-].[Fe+2]. The molecule has 30 heavy (non-hydrogen) atoms. The van der Waals surface area contributed by atoms with Crippen LogP contribution in [-0.4, -0.2) is 43.2 Å². The molecule has 2 fully saturated rings. The molecule has 0 spiro atoms. The average Bonchev–Trinajstić information content (AvgIpc) is 3.31. The number of hydrogen-bond acceptors (Lipinski definition) is 4. The van der Waals surface area contributed by atoms with Crippen molar-refractivity contribution in [2.75, 3.05) is 26.5 Å². The van der Waals surface area contributed by atoms with Crippen LogP contribution in [0.2, 0.25) is 0 Å². The molecule has 1 atom stereocenters. The van der Waals surface area contributed by atoms with E-state index in [4.69, 9.17) is 14.5 Å². The van der Waals surface area contributed by atoms with Crippen molar-refractivity contribution in [1.82, 2.24) is 4.67 Å². The first-order valence-electron chi connectivity index (χ1n) is 11.0. The third kappa shape index (κ3) is 14.4. The standard InChI is InChI=1S/C15H29N2OP.C7H14O.2CH3.Fe/c1-13(2)17(14(3)4)19(11-7-10-16)18-12-15-8-5-6-9-15;1-8-6-7-4-2-3-5-7;;;/h13-15H,5-9,11-12H2,1-4H3;7H,2-6H2,1H3;2*1H3;/q;;2*-1;+2. The van der Waals surface area contributed by atoms with Gasteiger partial charge in [-0.1, -0.05) is 25.7 Å². The maximum atomic E-state index is 8.84. The van der Waals surface area contributed by atoms with Crippen molar-refractivity contribution in [2.45, 2.75) is 97.6 Å². The molecule has 0 amide bonds. The summed E-state index contributed by atoms with van der Waals surface area (Å²) in [5.74, 6) is 1.65. The van der Waals surface area contributed by atoms with Gasteiger partial charge in [0.25, 0.3) is 0 Å². The van der Waals surface area contributed by atoms with E-state index in [1.54, 1.807) is 7.11 Å². The minimum atomic E-state index is -0.614. The molecule has 1 unspecified atom stereocenters. The second-order valence-corrected chi connectivity index (χ2v) is 10.5. The van der Waals surface area contributed by atoms with Crippen molar-refractivity contribution in [3.8, 4) is 6.07 Å². The van der Waals surface area contributed by atoms with Crippen LogP contribution in [0.1, 0.15) is 85.5 Å². The van der Waals surface area contributed by atoms with Gasteiger partial charge in [0.1, 0.15) is 8.30 Å². The van der Waals surface area contributed by atoms with Crippen molar-refractivity contribution in [1.29, 1.82) is 5.26 Å². The average molecular weight is 484 g/mol. The van der Waals surface area contributed by atoms with Gasteiger partial charge < -0.3 is 24.1 Å².